The number of aryl methyl sites for hydroxylation is 2. The van der Waals surface area contributed by atoms with E-state index >= 15 is 0 Å². The molecule has 1 aromatic carbocycles. The minimum Gasteiger partial charge on any atom is -0.358 e. The third-order valence-electron chi connectivity index (χ3n) is 7.79. The predicted octanol–water partition coefficient (Wildman–Crippen LogP) is 6.24. The molecule has 0 aliphatic carbocycles. The summed E-state index contributed by atoms with van der Waals surface area (Å²) in [5.74, 6) is 1.47. The van der Waals surface area contributed by atoms with E-state index in [0.717, 1.165) is 65.5 Å². The van der Waals surface area contributed by atoms with E-state index in [-0.39, 0.29) is 17.7 Å². The van der Waals surface area contributed by atoms with Crippen molar-refractivity contribution in [2.75, 3.05) is 37.8 Å². The van der Waals surface area contributed by atoms with Gasteiger partial charge in [0.2, 0.25) is 12.3 Å². The Hall–Kier alpha value is -2.71. The van der Waals surface area contributed by atoms with E-state index < -0.39 is 0 Å². The number of pyridine rings is 1. The van der Waals surface area contributed by atoms with Gasteiger partial charge in [-0.25, -0.2) is 0 Å². The number of amides is 2. The van der Waals surface area contributed by atoms with Crippen molar-refractivity contribution >= 4 is 42.2 Å². The summed E-state index contributed by atoms with van der Waals surface area (Å²) < 4.78 is 0. The summed E-state index contributed by atoms with van der Waals surface area (Å²) >= 11 is 1.83. The van der Waals surface area contributed by atoms with Crippen LogP contribution in [0.5, 0.6) is 0 Å². The topological polar surface area (TPSA) is 86.7 Å². The maximum Gasteiger partial charge on any atom is 0.231 e. The second-order valence-corrected chi connectivity index (χ2v) is 13.3. The number of anilines is 1. The molecule has 1 fully saturated rings. The highest BCUT2D eigenvalue weighted by Gasteiger charge is 2.31. The Morgan fingerprint density at radius 1 is 1.32 bits per heavy atom. The smallest absolute Gasteiger partial charge is 0.231 e. The fourth-order valence-corrected chi connectivity index (χ4v) is 7.02. The number of nitrogens with one attached hydrogen (secondary N) is 2. The molecule has 7 nitrogen and oxygen atoms in total. The van der Waals surface area contributed by atoms with Crippen molar-refractivity contribution in [2.24, 2.45) is 22.2 Å². The van der Waals surface area contributed by atoms with Crippen LogP contribution < -0.4 is 10.6 Å². The number of piperidine rings is 1. The summed E-state index contributed by atoms with van der Waals surface area (Å²) in [6.45, 7) is 17.5. The highest BCUT2D eigenvalue weighted by Crippen LogP contribution is 2.38. The van der Waals surface area contributed by atoms with Gasteiger partial charge in [0.05, 0.1) is 23.5 Å². The van der Waals surface area contributed by atoms with Gasteiger partial charge in [-0.1, -0.05) is 33.8 Å². The van der Waals surface area contributed by atoms with E-state index in [9.17, 15) is 9.59 Å². The van der Waals surface area contributed by atoms with Gasteiger partial charge in [-0.3, -0.25) is 19.6 Å². The van der Waals surface area contributed by atoms with E-state index in [1.54, 1.807) is 6.20 Å². The Balaban J connectivity index is 1.80. The molecule has 1 aliphatic heterocycles. The molecule has 1 aromatic heterocycles. The summed E-state index contributed by atoms with van der Waals surface area (Å²) in [6.07, 6.45) is 5.97. The number of aliphatic imine (C=N–C) groups is 1. The fraction of sp³-hybridized carbons (Fsp3) is 0.562. The zero-order chi connectivity index (χ0) is 29.3. The van der Waals surface area contributed by atoms with Gasteiger partial charge < -0.3 is 15.5 Å². The van der Waals surface area contributed by atoms with Crippen LogP contribution >= 0.6 is 11.8 Å². The molecule has 3 rings (SSSR count). The van der Waals surface area contributed by atoms with Gasteiger partial charge in [-0.2, -0.15) is 0 Å². The molecule has 2 heterocycles. The molecule has 2 aromatic rings. The van der Waals surface area contributed by atoms with Crippen LogP contribution in [0.4, 0.5) is 11.4 Å². The molecule has 1 aliphatic rings. The molecule has 8 heteroatoms. The van der Waals surface area contributed by atoms with Crippen molar-refractivity contribution in [1.29, 1.82) is 0 Å². The normalized spacial score (nSPS) is 18.5. The molecule has 218 valence electrons. The molecular formula is C32H47N5O2S. The van der Waals surface area contributed by atoms with Gasteiger partial charge in [0.15, 0.2) is 0 Å². The van der Waals surface area contributed by atoms with Crippen molar-refractivity contribution in [3.63, 3.8) is 0 Å². The first-order valence-electron chi connectivity index (χ1n) is 14.4. The van der Waals surface area contributed by atoms with Gasteiger partial charge >= 0.3 is 0 Å². The number of hydrogen-bond acceptors (Lipinski definition) is 6. The first kappa shape index (κ1) is 31.8. The summed E-state index contributed by atoms with van der Waals surface area (Å²) in [4.78, 5) is 36.8. The van der Waals surface area contributed by atoms with E-state index in [2.05, 4.69) is 79.1 Å². The van der Waals surface area contributed by atoms with Gasteiger partial charge in [0.1, 0.15) is 0 Å². The van der Waals surface area contributed by atoms with E-state index in [1.807, 2.05) is 30.8 Å². The second-order valence-electron chi connectivity index (χ2n) is 12.2. The number of hydrogen-bond donors (Lipinski definition) is 2. The Kier molecular flexibility index (Phi) is 11.8. The van der Waals surface area contributed by atoms with Crippen LogP contribution in [-0.4, -0.2) is 61.4 Å². The fourth-order valence-electron chi connectivity index (χ4n) is 5.95. The van der Waals surface area contributed by atoms with Gasteiger partial charge in [-0.05, 0) is 92.9 Å². The molecule has 3 atom stereocenters. The van der Waals surface area contributed by atoms with Crippen LogP contribution in [-0.2, 0) is 16.0 Å². The standard InChI is InChI=1S/C32H47N5O2S/c1-8-25-13-27(17-35-23(25)3)36-31(39)28(11-9-22(2)16-34-21-38)26-10-12-30(29(14-26)33-6)40-19-24-15-32(4,5)20-37(7)18-24/h10,12-14,17,21-22,24,28H,6,8-9,11,15-16,18-20H2,1-5,7H3,(H,34,38)(H,36,39)/t22?,24?,28-/m1/s1. The first-order chi connectivity index (χ1) is 19.0. The summed E-state index contributed by atoms with van der Waals surface area (Å²) in [7, 11) is 2.21. The number of carbonyl (C=O) groups excluding carboxylic acids is 2. The molecule has 2 unspecified atom stereocenters. The van der Waals surface area contributed by atoms with Crippen LogP contribution in [0.15, 0.2) is 40.4 Å². The van der Waals surface area contributed by atoms with Crippen LogP contribution in [0, 0.1) is 24.2 Å². The lowest BCUT2D eigenvalue weighted by Crippen LogP contribution is -2.43. The number of nitrogens with zero attached hydrogens (tertiary/aromatic N) is 3. The van der Waals surface area contributed by atoms with Crippen molar-refractivity contribution in [3.8, 4) is 0 Å². The molecule has 1 saturated heterocycles. The minimum absolute atomic E-state index is 0.0638. The summed E-state index contributed by atoms with van der Waals surface area (Å²) in [6, 6.07) is 8.20. The monoisotopic (exact) mass is 565 g/mol. The van der Waals surface area contributed by atoms with E-state index in [0.29, 0.717) is 30.0 Å². The van der Waals surface area contributed by atoms with E-state index in [4.69, 9.17) is 0 Å². The quantitative estimate of drug-likeness (QED) is 0.161. The number of thioether (sulfide) groups is 1. The molecule has 40 heavy (non-hydrogen) atoms. The van der Waals surface area contributed by atoms with Crippen LogP contribution in [0.25, 0.3) is 0 Å². The molecule has 2 amide bonds. The highest BCUT2D eigenvalue weighted by molar-refractivity contribution is 7.99. The first-order valence-corrected chi connectivity index (χ1v) is 15.4. The third-order valence-corrected chi connectivity index (χ3v) is 9.09. The largest absolute Gasteiger partial charge is 0.358 e. The van der Waals surface area contributed by atoms with Crippen molar-refractivity contribution in [2.45, 2.75) is 71.1 Å². The number of benzene rings is 1. The number of aromatic nitrogens is 1. The van der Waals surface area contributed by atoms with Gasteiger partial charge in [-0.15, -0.1) is 11.8 Å². The molecule has 0 spiro atoms. The lowest BCUT2D eigenvalue weighted by molar-refractivity contribution is -0.118. The maximum absolute atomic E-state index is 13.7. The predicted molar refractivity (Wildman–Crippen MR) is 168 cm³/mol. The Morgan fingerprint density at radius 2 is 2.10 bits per heavy atom. The van der Waals surface area contributed by atoms with Crippen LogP contribution in [0.1, 0.15) is 69.7 Å². The highest BCUT2D eigenvalue weighted by atomic mass is 32.2. The Morgan fingerprint density at radius 3 is 2.77 bits per heavy atom. The Bertz CT molecular complexity index is 1170. The number of carbonyl (C=O) groups is 2. The van der Waals surface area contributed by atoms with Gasteiger partial charge in [0.25, 0.3) is 0 Å². The van der Waals surface area contributed by atoms with E-state index in [1.165, 1.54) is 6.42 Å². The molecular weight excluding hydrogens is 518 g/mol. The maximum atomic E-state index is 13.7. The molecule has 0 radical (unpaired) electrons. The lowest BCUT2D eigenvalue weighted by atomic mass is 9.79. The number of rotatable bonds is 14. The average Bonchev–Trinajstić information content (AvgIpc) is 2.91. The molecule has 0 saturated carbocycles. The molecule has 2 N–H and O–H groups in total. The zero-order valence-corrected chi connectivity index (χ0v) is 25.9. The van der Waals surface area contributed by atoms with Crippen molar-refractivity contribution < 1.29 is 9.59 Å². The third kappa shape index (κ3) is 9.16. The molecule has 0 bridgehead atoms. The van der Waals surface area contributed by atoms with Crippen LogP contribution in [0.3, 0.4) is 0 Å². The van der Waals surface area contributed by atoms with Crippen molar-refractivity contribution in [3.05, 3.63) is 47.3 Å². The summed E-state index contributed by atoms with van der Waals surface area (Å²) in [5, 5.41) is 5.87. The summed E-state index contributed by atoms with van der Waals surface area (Å²) in [5.41, 5.74) is 4.88. The number of likely N-dealkylation sites (tertiary alicyclic amines) is 1. The second kappa shape index (κ2) is 14.8. The van der Waals surface area contributed by atoms with Crippen LogP contribution in [0.2, 0.25) is 0 Å². The minimum atomic E-state index is -0.364. The zero-order valence-electron chi connectivity index (χ0n) is 25.1. The average molecular weight is 566 g/mol. The van der Waals surface area contributed by atoms with Gasteiger partial charge in [0, 0.05) is 36.0 Å². The van der Waals surface area contributed by atoms with Crippen molar-refractivity contribution in [1.82, 2.24) is 15.2 Å². The Labute approximate surface area is 245 Å². The lowest BCUT2D eigenvalue weighted by Gasteiger charge is -2.40. The SMILES string of the molecule is C=Nc1cc([C@@H](CCC(C)CNC=O)C(=O)Nc2cnc(C)c(CC)c2)ccc1SCC1CN(C)CC(C)(C)C1.